The van der Waals surface area contributed by atoms with Crippen LogP contribution in [0, 0.1) is 0 Å². The summed E-state index contributed by atoms with van der Waals surface area (Å²) >= 11 is 1.45. The molecule has 0 spiro atoms. The predicted octanol–water partition coefficient (Wildman–Crippen LogP) is 1.04. The van der Waals surface area contributed by atoms with E-state index in [-0.39, 0.29) is 0 Å². The first-order chi connectivity index (χ1) is 8.20. The summed E-state index contributed by atoms with van der Waals surface area (Å²) in [4.78, 5) is 4.30. The fourth-order valence-electron chi connectivity index (χ4n) is 1.32. The van der Waals surface area contributed by atoms with Gasteiger partial charge in [-0.3, -0.25) is 0 Å². The van der Waals surface area contributed by atoms with E-state index in [0.29, 0.717) is 6.04 Å². The molecule has 2 heterocycles. The minimum Gasteiger partial charge on any atom is -0.313 e. The highest BCUT2D eigenvalue weighted by molar-refractivity contribution is 7.99. The molecule has 6 nitrogen and oxygen atoms in total. The molecule has 7 heteroatoms. The summed E-state index contributed by atoms with van der Waals surface area (Å²) in [6.45, 7) is 2.10. The lowest BCUT2D eigenvalue weighted by Gasteiger charge is -2.10. The van der Waals surface area contributed by atoms with Gasteiger partial charge in [0.15, 0.2) is 0 Å². The Morgan fingerprint density at radius 3 is 2.94 bits per heavy atom. The van der Waals surface area contributed by atoms with Gasteiger partial charge in [-0.25, -0.2) is 9.67 Å². The molecule has 17 heavy (non-hydrogen) atoms. The second kappa shape index (κ2) is 5.24. The molecule has 2 aromatic heterocycles. The molecule has 0 bridgehead atoms. The third-order valence-electron chi connectivity index (χ3n) is 2.47. The van der Waals surface area contributed by atoms with Gasteiger partial charge in [0.1, 0.15) is 5.03 Å². The molecule has 2 rings (SSSR count). The van der Waals surface area contributed by atoms with Crippen LogP contribution in [0.15, 0.2) is 28.5 Å². The van der Waals surface area contributed by atoms with Crippen molar-refractivity contribution in [2.24, 2.45) is 7.05 Å². The largest absolute Gasteiger partial charge is 0.313 e. The highest BCUT2D eigenvalue weighted by atomic mass is 32.2. The maximum Gasteiger partial charge on any atom is 0.215 e. The molecule has 0 saturated carbocycles. The van der Waals surface area contributed by atoms with Gasteiger partial charge in [-0.15, -0.1) is 5.10 Å². The Balaban J connectivity index is 2.19. The number of nitrogens with one attached hydrogen (secondary N) is 1. The zero-order valence-corrected chi connectivity index (χ0v) is 10.8. The van der Waals surface area contributed by atoms with Crippen LogP contribution in [0.5, 0.6) is 0 Å². The van der Waals surface area contributed by atoms with E-state index in [2.05, 4.69) is 32.7 Å². The monoisotopic (exact) mass is 250 g/mol. The molecular formula is C10H14N6S. The molecule has 0 aliphatic rings. The first-order valence-electron chi connectivity index (χ1n) is 5.24. The van der Waals surface area contributed by atoms with Gasteiger partial charge in [0.05, 0.1) is 0 Å². The van der Waals surface area contributed by atoms with Gasteiger partial charge in [-0.1, -0.05) is 0 Å². The summed E-state index contributed by atoms with van der Waals surface area (Å²) < 4.78 is 1.63. The van der Waals surface area contributed by atoms with Crippen molar-refractivity contribution < 1.29 is 0 Å². The van der Waals surface area contributed by atoms with E-state index in [1.807, 2.05) is 26.2 Å². The second-order valence-corrected chi connectivity index (χ2v) is 4.61. The molecule has 1 atom stereocenters. The van der Waals surface area contributed by atoms with E-state index >= 15 is 0 Å². The summed E-state index contributed by atoms with van der Waals surface area (Å²) in [6, 6.07) is 4.34. The Labute approximate surface area is 104 Å². The number of hydrogen-bond donors (Lipinski definition) is 1. The van der Waals surface area contributed by atoms with Gasteiger partial charge in [-0.05, 0) is 53.9 Å². The summed E-state index contributed by atoms with van der Waals surface area (Å²) in [6.07, 6.45) is 1.80. The van der Waals surface area contributed by atoms with E-state index in [1.165, 1.54) is 17.3 Å². The van der Waals surface area contributed by atoms with Crippen molar-refractivity contribution in [2.45, 2.75) is 23.1 Å². The smallest absolute Gasteiger partial charge is 0.215 e. The number of aryl methyl sites for hydroxylation is 1. The molecule has 0 radical (unpaired) electrons. The third-order valence-corrected chi connectivity index (χ3v) is 3.43. The Kier molecular flexibility index (Phi) is 3.70. The summed E-state index contributed by atoms with van der Waals surface area (Å²) in [5.74, 6) is 0. The molecule has 0 aromatic carbocycles. The standard InChI is InChI=1S/C10H14N6S/c1-7(11-2)8-4-5-12-9(6-8)17-10-13-14-15-16(10)3/h4-7,11H,1-3H3. The van der Waals surface area contributed by atoms with Crippen LogP contribution in [0.1, 0.15) is 18.5 Å². The normalized spacial score (nSPS) is 12.6. The van der Waals surface area contributed by atoms with Crippen molar-refractivity contribution in [2.75, 3.05) is 7.05 Å². The predicted molar refractivity (Wildman–Crippen MR) is 64.6 cm³/mol. The fraction of sp³-hybridized carbons (Fsp3) is 0.400. The Morgan fingerprint density at radius 1 is 1.47 bits per heavy atom. The molecule has 1 unspecified atom stereocenters. The lowest BCUT2D eigenvalue weighted by atomic mass is 10.1. The summed E-state index contributed by atoms with van der Waals surface area (Å²) in [5.41, 5.74) is 1.19. The van der Waals surface area contributed by atoms with Gasteiger partial charge in [0.2, 0.25) is 5.16 Å². The first-order valence-corrected chi connectivity index (χ1v) is 6.06. The van der Waals surface area contributed by atoms with Crippen LogP contribution in [0.3, 0.4) is 0 Å². The number of nitrogens with zero attached hydrogens (tertiary/aromatic N) is 5. The van der Waals surface area contributed by atoms with Crippen LogP contribution in [-0.4, -0.2) is 32.2 Å². The maximum atomic E-state index is 4.30. The molecule has 0 saturated heterocycles. The van der Waals surface area contributed by atoms with Crippen LogP contribution in [0.2, 0.25) is 0 Å². The average molecular weight is 250 g/mol. The van der Waals surface area contributed by atoms with E-state index in [9.17, 15) is 0 Å². The minimum absolute atomic E-state index is 0.301. The highest BCUT2D eigenvalue weighted by Gasteiger charge is 2.08. The molecule has 0 aliphatic heterocycles. The molecule has 1 N–H and O–H groups in total. The van der Waals surface area contributed by atoms with Crippen LogP contribution >= 0.6 is 11.8 Å². The fourth-order valence-corrected chi connectivity index (χ4v) is 2.06. The molecule has 0 aliphatic carbocycles. The molecule has 0 amide bonds. The van der Waals surface area contributed by atoms with Gasteiger partial charge in [-0.2, -0.15) is 0 Å². The lowest BCUT2D eigenvalue weighted by molar-refractivity contribution is 0.648. The topological polar surface area (TPSA) is 68.5 Å². The Bertz CT molecular complexity index is 497. The average Bonchev–Trinajstić information content (AvgIpc) is 2.74. The van der Waals surface area contributed by atoms with Crippen molar-refractivity contribution in [3.05, 3.63) is 23.9 Å². The van der Waals surface area contributed by atoms with E-state index in [4.69, 9.17) is 0 Å². The quantitative estimate of drug-likeness (QED) is 0.874. The van der Waals surface area contributed by atoms with Crippen molar-refractivity contribution in [1.82, 2.24) is 30.5 Å². The van der Waals surface area contributed by atoms with Crippen molar-refractivity contribution in [3.8, 4) is 0 Å². The number of rotatable bonds is 4. The zero-order chi connectivity index (χ0) is 12.3. The molecular weight excluding hydrogens is 236 g/mol. The molecule has 0 fully saturated rings. The van der Waals surface area contributed by atoms with Crippen LogP contribution < -0.4 is 5.32 Å². The highest BCUT2D eigenvalue weighted by Crippen LogP contribution is 2.24. The number of tetrazole rings is 1. The van der Waals surface area contributed by atoms with Gasteiger partial charge in [0.25, 0.3) is 0 Å². The van der Waals surface area contributed by atoms with Crippen LogP contribution in [0.25, 0.3) is 0 Å². The first kappa shape index (κ1) is 12.0. The number of hydrogen-bond acceptors (Lipinski definition) is 6. The van der Waals surface area contributed by atoms with Crippen molar-refractivity contribution >= 4 is 11.8 Å². The summed E-state index contributed by atoms with van der Waals surface area (Å²) in [7, 11) is 3.74. The van der Waals surface area contributed by atoms with Crippen molar-refractivity contribution in [1.29, 1.82) is 0 Å². The minimum atomic E-state index is 0.301. The van der Waals surface area contributed by atoms with Gasteiger partial charge in [0, 0.05) is 19.3 Å². The van der Waals surface area contributed by atoms with Crippen LogP contribution in [-0.2, 0) is 7.05 Å². The lowest BCUT2D eigenvalue weighted by Crippen LogP contribution is -2.12. The molecule has 2 aromatic rings. The zero-order valence-electron chi connectivity index (χ0n) is 9.95. The Morgan fingerprint density at radius 2 is 2.29 bits per heavy atom. The van der Waals surface area contributed by atoms with Gasteiger partial charge < -0.3 is 5.32 Å². The van der Waals surface area contributed by atoms with E-state index in [1.54, 1.807) is 10.9 Å². The second-order valence-electron chi connectivity index (χ2n) is 3.62. The molecule has 90 valence electrons. The Hall–Kier alpha value is -1.47. The number of aromatic nitrogens is 5. The van der Waals surface area contributed by atoms with Gasteiger partial charge >= 0.3 is 0 Å². The van der Waals surface area contributed by atoms with Crippen molar-refractivity contribution in [3.63, 3.8) is 0 Å². The van der Waals surface area contributed by atoms with E-state index < -0.39 is 0 Å². The third kappa shape index (κ3) is 2.80. The maximum absolute atomic E-state index is 4.30. The SMILES string of the molecule is CNC(C)c1ccnc(Sc2nnnn2C)c1. The van der Waals surface area contributed by atoms with E-state index in [0.717, 1.165) is 10.2 Å². The van der Waals surface area contributed by atoms with Crippen LogP contribution in [0.4, 0.5) is 0 Å². The number of pyridine rings is 1. The summed E-state index contributed by atoms with van der Waals surface area (Å²) in [5, 5.41) is 16.1.